The molecule has 4 rings (SSSR count). The van der Waals surface area contributed by atoms with Crippen LogP contribution in [0.4, 0.5) is 0 Å². The minimum atomic E-state index is -0.858. The highest BCUT2D eigenvalue weighted by Gasteiger charge is 2.53. The second-order valence-corrected chi connectivity index (χ2v) is 8.07. The largest absolute Gasteiger partial charge is 0.380 e. The van der Waals surface area contributed by atoms with Gasteiger partial charge in [-0.3, -0.25) is 0 Å². The van der Waals surface area contributed by atoms with E-state index < -0.39 is 5.60 Å². The van der Waals surface area contributed by atoms with Crippen LogP contribution in [0.5, 0.6) is 0 Å². The van der Waals surface area contributed by atoms with Crippen LogP contribution in [0.25, 0.3) is 0 Å². The first-order chi connectivity index (χ1) is 11.9. The van der Waals surface area contributed by atoms with Gasteiger partial charge in [-0.05, 0) is 62.5 Å². The van der Waals surface area contributed by atoms with E-state index in [-0.39, 0.29) is 5.92 Å². The van der Waals surface area contributed by atoms with Gasteiger partial charge in [0, 0.05) is 18.4 Å². The molecule has 2 aromatic carbocycles. The van der Waals surface area contributed by atoms with Gasteiger partial charge < -0.3 is 10.0 Å². The van der Waals surface area contributed by atoms with Crippen molar-refractivity contribution in [3.05, 3.63) is 69.8 Å². The predicted octanol–water partition coefficient (Wildman–Crippen LogP) is 4.29. The van der Waals surface area contributed by atoms with Crippen LogP contribution in [0.3, 0.4) is 0 Å². The molecule has 1 fully saturated rings. The van der Waals surface area contributed by atoms with Gasteiger partial charge in [-0.1, -0.05) is 54.4 Å². The minimum absolute atomic E-state index is 0.272. The molecule has 1 N–H and O–H groups in total. The van der Waals surface area contributed by atoms with E-state index in [1.807, 2.05) is 0 Å². The SMILES string of the molecule is CCN1CC[C@@H]2[C@H](C1)c1ccc(C)cc1C2(O)c1ccc(C)cc1C. The molecule has 2 aliphatic rings. The van der Waals surface area contributed by atoms with E-state index in [9.17, 15) is 5.11 Å². The molecular weight excluding hydrogens is 306 g/mol. The van der Waals surface area contributed by atoms with Crippen LogP contribution in [0.1, 0.15) is 52.6 Å². The van der Waals surface area contributed by atoms with Crippen LogP contribution >= 0.6 is 0 Å². The maximum Gasteiger partial charge on any atom is 0.119 e. The molecule has 2 nitrogen and oxygen atoms in total. The fraction of sp³-hybridized carbons (Fsp3) is 0.478. The fourth-order valence-electron chi connectivity index (χ4n) is 5.23. The van der Waals surface area contributed by atoms with Crippen molar-refractivity contribution in [3.63, 3.8) is 0 Å². The molecule has 132 valence electrons. The van der Waals surface area contributed by atoms with Gasteiger partial charge in [-0.25, -0.2) is 0 Å². The molecule has 0 aromatic heterocycles. The Morgan fingerprint density at radius 1 is 1.04 bits per heavy atom. The molecule has 1 unspecified atom stereocenters. The number of aryl methyl sites for hydroxylation is 3. The third kappa shape index (κ3) is 2.46. The summed E-state index contributed by atoms with van der Waals surface area (Å²) in [6.45, 7) is 11.9. The number of rotatable bonds is 2. The topological polar surface area (TPSA) is 23.5 Å². The number of likely N-dealkylation sites (N-methyl/N-ethyl adjacent to an activating group) is 1. The van der Waals surface area contributed by atoms with Crippen molar-refractivity contribution in [2.75, 3.05) is 19.6 Å². The van der Waals surface area contributed by atoms with Gasteiger partial charge in [0.2, 0.25) is 0 Å². The van der Waals surface area contributed by atoms with Gasteiger partial charge in [0.1, 0.15) is 5.60 Å². The standard InChI is InChI=1S/C23H29NO/c1-5-24-11-10-21-19(14-24)18-8-6-16(3)13-22(18)23(21,25)20-9-7-15(2)12-17(20)4/h6-9,12-13,19,21,25H,5,10-11,14H2,1-4H3/t19-,21-,23?/m1/s1. The molecule has 0 radical (unpaired) electrons. The average molecular weight is 335 g/mol. The zero-order chi connectivity index (χ0) is 17.8. The molecule has 1 saturated heterocycles. The summed E-state index contributed by atoms with van der Waals surface area (Å²) in [6.07, 6.45) is 1.05. The van der Waals surface area contributed by atoms with Gasteiger partial charge in [-0.15, -0.1) is 0 Å². The van der Waals surface area contributed by atoms with Crippen LogP contribution in [0.2, 0.25) is 0 Å². The third-order valence-electron chi connectivity index (χ3n) is 6.49. The molecule has 0 bridgehead atoms. The Morgan fingerprint density at radius 2 is 1.76 bits per heavy atom. The smallest absolute Gasteiger partial charge is 0.119 e. The number of likely N-dealkylation sites (tertiary alicyclic amines) is 1. The van der Waals surface area contributed by atoms with Crippen LogP contribution in [-0.2, 0) is 5.60 Å². The molecule has 2 heteroatoms. The Bertz CT molecular complexity index is 812. The number of fused-ring (bicyclic) bond motifs is 3. The zero-order valence-corrected chi connectivity index (χ0v) is 15.8. The van der Waals surface area contributed by atoms with Gasteiger partial charge >= 0.3 is 0 Å². The van der Waals surface area contributed by atoms with Crippen LogP contribution in [0.15, 0.2) is 36.4 Å². The van der Waals surface area contributed by atoms with Crippen molar-refractivity contribution >= 4 is 0 Å². The van der Waals surface area contributed by atoms with E-state index in [1.54, 1.807) is 0 Å². The molecule has 1 heterocycles. The molecule has 25 heavy (non-hydrogen) atoms. The maximum absolute atomic E-state index is 12.1. The maximum atomic E-state index is 12.1. The molecule has 0 saturated carbocycles. The van der Waals surface area contributed by atoms with Crippen LogP contribution in [0, 0.1) is 26.7 Å². The van der Waals surface area contributed by atoms with Gasteiger partial charge in [0.25, 0.3) is 0 Å². The highest BCUT2D eigenvalue weighted by Crippen LogP contribution is 2.56. The van der Waals surface area contributed by atoms with Gasteiger partial charge in [-0.2, -0.15) is 0 Å². The summed E-state index contributed by atoms with van der Waals surface area (Å²) in [5.41, 5.74) is 6.43. The molecule has 3 atom stereocenters. The highest BCUT2D eigenvalue weighted by atomic mass is 16.3. The lowest BCUT2D eigenvalue weighted by atomic mass is 9.73. The Morgan fingerprint density at radius 3 is 2.48 bits per heavy atom. The van der Waals surface area contributed by atoms with Crippen molar-refractivity contribution in [2.24, 2.45) is 5.92 Å². The number of piperidine rings is 1. The van der Waals surface area contributed by atoms with E-state index >= 15 is 0 Å². The summed E-state index contributed by atoms with van der Waals surface area (Å²) in [5, 5.41) is 12.1. The van der Waals surface area contributed by atoms with Crippen molar-refractivity contribution in [1.82, 2.24) is 4.90 Å². The van der Waals surface area contributed by atoms with Crippen LogP contribution in [-0.4, -0.2) is 29.6 Å². The summed E-state index contributed by atoms with van der Waals surface area (Å²) >= 11 is 0. The average Bonchev–Trinajstić information content (AvgIpc) is 2.83. The Balaban J connectivity index is 1.91. The zero-order valence-electron chi connectivity index (χ0n) is 15.8. The molecule has 1 aliphatic carbocycles. The minimum Gasteiger partial charge on any atom is -0.380 e. The first-order valence-corrected chi connectivity index (χ1v) is 9.58. The van der Waals surface area contributed by atoms with E-state index in [4.69, 9.17) is 0 Å². The third-order valence-corrected chi connectivity index (χ3v) is 6.49. The summed E-state index contributed by atoms with van der Waals surface area (Å²) < 4.78 is 0. The van der Waals surface area contributed by atoms with Crippen molar-refractivity contribution in [3.8, 4) is 0 Å². The lowest BCUT2D eigenvalue weighted by molar-refractivity contribution is -0.00786. The van der Waals surface area contributed by atoms with Gasteiger partial charge in [0.05, 0.1) is 0 Å². The highest BCUT2D eigenvalue weighted by molar-refractivity contribution is 5.53. The molecular formula is C23H29NO. The Hall–Kier alpha value is -1.64. The number of benzene rings is 2. The number of hydrogen-bond acceptors (Lipinski definition) is 2. The normalized spacial score (nSPS) is 28.7. The first kappa shape index (κ1) is 16.8. The fourth-order valence-corrected chi connectivity index (χ4v) is 5.23. The number of nitrogens with zero attached hydrogens (tertiary/aromatic N) is 1. The number of aliphatic hydroxyl groups is 1. The summed E-state index contributed by atoms with van der Waals surface area (Å²) in [5.74, 6) is 0.698. The molecule has 1 aliphatic heterocycles. The quantitative estimate of drug-likeness (QED) is 0.885. The number of hydrogen-bond donors (Lipinski definition) is 1. The molecule has 0 amide bonds. The van der Waals surface area contributed by atoms with Crippen molar-refractivity contribution in [1.29, 1.82) is 0 Å². The molecule has 0 spiro atoms. The van der Waals surface area contributed by atoms with E-state index in [1.165, 1.54) is 22.3 Å². The Kier molecular flexibility index (Phi) is 4.01. The monoisotopic (exact) mass is 335 g/mol. The van der Waals surface area contributed by atoms with Crippen molar-refractivity contribution in [2.45, 2.75) is 45.6 Å². The van der Waals surface area contributed by atoms with Crippen LogP contribution < -0.4 is 0 Å². The summed E-state index contributed by atoms with van der Waals surface area (Å²) in [7, 11) is 0. The van der Waals surface area contributed by atoms with E-state index in [2.05, 4.69) is 69.0 Å². The summed E-state index contributed by atoms with van der Waals surface area (Å²) in [4.78, 5) is 2.53. The second kappa shape index (κ2) is 5.96. The first-order valence-electron chi connectivity index (χ1n) is 9.58. The lowest BCUT2D eigenvalue weighted by Crippen LogP contribution is -2.44. The second-order valence-electron chi connectivity index (χ2n) is 8.07. The Labute approximate surface area is 151 Å². The van der Waals surface area contributed by atoms with Crippen molar-refractivity contribution < 1.29 is 5.11 Å². The lowest BCUT2D eigenvalue weighted by Gasteiger charge is -2.41. The summed E-state index contributed by atoms with van der Waals surface area (Å²) in [6, 6.07) is 13.2. The predicted molar refractivity (Wildman–Crippen MR) is 103 cm³/mol. The van der Waals surface area contributed by atoms with E-state index in [0.717, 1.165) is 37.2 Å². The van der Waals surface area contributed by atoms with Gasteiger partial charge in [0.15, 0.2) is 0 Å². The molecule has 2 aromatic rings. The van der Waals surface area contributed by atoms with E-state index in [0.29, 0.717) is 5.92 Å².